The van der Waals surface area contributed by atoms with E-state index in [4.69, 9.17) is 4.42 Å². The minimum absolute atomic E-state index is 0.0349. The van der Waals surface area contributed by atoms with E-state index in [0.717, 1.165) is 6.20 Å². The molecule has 4 aromatic heterocycles. The van der Waals surface area contributed by atoms with Crippen molar-refractivity contribution in [3.05, 3.63) is 66.5 Å². The molecule has 10 heteroatoms. The van der Waals surface area contributed by atoms with E-state index in [0.29, 0.717) is 29.3 Å². The minimum Gasteiger partial charge on any atom is -0.415 e. The van der Waals surface area contributed by atoms with Crippen molar-refractivity contribution in [1.29, 1.82) is 0 Å². The first kappa shape index (κ1) is 16.9. The molecular formula is C17H11F3N6O. The predicted octanol–water partition coefficient (Wildman–Crippen LogP) is 3.52. The van der Waals surface area contributed by atoms with Crippen LogP contribution < -0.4 is 0 Å². The van der Waals surface area contributed by atoms with E-state index < -0.39 is 18.1 Å². The fraction of sp³-hybridized carbons (Fsp3) is 0.118. The maximum atomic E-state index is 13.0. The number of hydrogen-bond donors (Lipinski definition) is 0. The normalized spacial score (nSPS) is 11.3. The topological polar surface area (TPSA) is 82.5 Å². The van der Waals surface area contributed by atoms with Gasteiger partial charge in [0.05, 0.1) is 18.4 Å². The molecule has 0 spiro atoms. The van der Waals surface area contributed by atoms with E-state index in [9.17, 15) is 13.2 Å². The summed E-state index contributed by atoms with van der Waals surface area (Å²) < 4.78 is 45.0. The van der Waals surface area contributed by atoms with Crippen LogP contribution in [0.1, 0.15) is 18.0 Å². The fourth-order valence-corrected chi connectivity index (χ4v) is 2.47. The van der Waals surface area contributed by atoms with E-state index in [2.05, 4.69) is 25.1 Å². The molecule has 0 aliphatic rings. The van der Waals surface area contributed by atoms with Crippen LogP contribution in [-0.4, -0.2) is 29.7 Å². The summed E-state index contributed by atoms with van der Waals surface area (Å²) in [4.78, 5) is 12.6. The smallest absolute Gasteiger partial charge is 0.314 e. The Hall–Kier alpha value is -3.56. The molecule has 0 bridgehead atoms. The lowest BCUT2D eigenvalue weighted by Crippen LogP contribution is -2.04. The molecule has 0 aromatic carbocycles. The molecule has 4 heterocycles. The molecule has 136 valence electrons. The van der Waals surface area contributed by atoms with Crippen LogP contribution in [0, 0.1) is 5.82 Å². The lowest BCUT2D eigenvalue weighted by atomic mass is 10.2. The van der Waals surface area contributed by atoms with Crippen molar-refractivity contribution >= 4 is 0 Å². The van der Waals surface area contributed by atoms with Crippen molar-refractivity contribution in [3.8, 4) is 23.0 Å². The molecule has 0 aliphatic carbocycles. The van der Waals surface area contributed by atoms with E-state index in [1.807, 2.05) is 0 Å². The Kier molecular flexibility index (Phi) is 4.37. The Balaban J connectivity index is 1.64. The van der Waals surface area contributed by atoms with Crippen molar-refractivity contribution in [1.82, 2.24) is 29.7 Å². The van der Waals surface area contributed by atoms with E-state index in [1.165, 1.54) is 12.3 Å². The Morgan fingerprint density at radius 3 is 2.67 bits per heavy atom. The van der Waals surface area contributed by atoms with Gasteiger partial charge < -0.3 is 8.98 Å². The Bertz CT molecular complexity index is 1060. The summed E-state index contributed by atoms with van der Waals surface area (Å²) in [5.74, 6) is -0.669. The van der Waals surface area contributed by atoms with Gasteiger partial charge in [0.15, 0.2) is 5.82 Å². The first-order chi connectivity index (χ1) is 13.1. The number of alkyl halides is 2. The largest absolute Gasteiger partial charge is 0.415 e. The third kappa shape index (κ3) is 3.54. The molecule has 0 atom stereocenters. The molecule has 0 amide bonds. The number of pyridine rings is 2. The molecule has 0 fully saturated rings. The van der Waals surface area contributed by atoms with Crippen LogP contribution in [0.2, 0.25) is 0 Å². The van der Waals surface area contributed by atoms with Crippen molar-refractivity contribution < 1.29 is 17.6 Å². The second kappa shape index (κ2) is 6.98. The number of imidazole rings is 1. The molecule has 0 saturated carbocycles. The van der Waals surface area contributed by atoms with Crippen LogP contribution >= 0.6 is 0 Å². The number of rotatable bonds is 5. The lowest BCUT2D eigenvalue weighted by molar-refractivity contribution is 0.116. The van der Waals surface area contributed by atoms with Gasteiger partial charge >= 0.3 is 6.43 Å². The summed E-state index contributed by atoms with van der Waals surface area (Å²) >= 11 is 0. The van der Waals surface area contributed by atoms with E-state index in [-0.39, 0.29) is 5.89 Å². The van der Waals surface area contributed by atoms with Gasteiger partial charge in [-0.1, -0.05) is 0 Å². The molecular weight excluding hydrogens is 361 g/mol. The third-order valence-corrected chi connectivity index (χ3v) is 3.70. The summed E-state index contributed by atoms with van der Waals surface area (Å²) in [5, 5.41) is 6.95. The highest BCUT2D eigenvalue weighted by atomic mass is 19.3. The predicted molar refractivity (Wildman–Crippen MR) is 87.0 cm³/mol. The average molecular weight is 372 g/mol. The summed E-state index contributed by atoms with van der Waals surface area (Å²) in [6.45, 7) is 0.359. The quantitative estimate of drug-likeness (QED) is 0.533. The van der Waals surface area contributed by atoms with Crippen LogP contribution in [0.15, 0.2) is 53.5 Å². The molecule has 0 N–H and O–H groups in total. The van der Waals surface area contributed by atoms with Crippen molar-refractivity contribution in [2.24, 2.45) is 0 Å². The lowest BCUT2D eigenvalue weighted by Gasteiger charge is -2.07. The molecule has 7 nitrogen and oxygen atoms in total. The summed E-state index contributed by atoms with van der Waals surface area (Å²) in [5.41, 5.74) is 1.57. The highest BCUT2D eigenvalue weighted by Gasteiger charge is 2.18. The average Bonchev–Trinajstić information content (AvgIpc) is 3.33. The van der Waals surface area contributed by atoms with Gasteiger partial charge in [-0.2, -0.15) is 8.78 Å². The van der Waals surface area contributed by atoms with Gasteiger partial charge in [0.2, 0.25) is 5.89 Å². The summed E-state index contributed by atoms with van der Waals surface area (Å²) in [7, 11) is 0. The Morgan fingerprint density at radius 1 is 1.04 bits per heavy atom. The van der Waals surface area contributed by atoms with Gasteiger partial charge in [-0.25, -0.2) is 9.37 Å². The molecule has 4 aromatic rings. The molecule has 27 heavy (non-hydrogen) atoms. The van der Waals surface area contributed by atoms with Gasteiger partial charge in [-0.3, -0.25) is 9.97 Å². The summed E-state index contributed by atoms with van der Waals surface area (Å²) in [6, 6.07) is 6.09. The summed E-state index contributed by atoms with van der Waals surface area (Å²) in [6.07, 6.45) is 3.12. The molecule has 0 saturated heterocycles. The second-order valence-corrected chi connectivity index (χ2v) is 5.52. The molecule has 0 aliphatic heterocycles. The number of hydrogen-bond acceptors (Lipinski definition) is 6. The third-order valence-electron chi connectivity index (χ3n) is 3.70. The highest BCUT2D eigenvalue weighted by molar-refractivity contribution is 5.61. The van der Waals surface area contributed by atoms with Crippen molar-refractivity contribution in [2.45, 2.75) is 13.0 Å². The fourth-order valence-electron chi connectivity index (χ4n) is 2.47. The number of aromatic nitrogens is 6. The van der Waals surface area contributed by atoms with Crippen molar-refractivity contribution in [3.63, 3.8) is 0 Å². The molecule has 0 radical (unpaired) electrons. The van der Waals surface area contributed by atoms with Crippen LogP contribution in [-0.2, 0) is 6.54 Å². The zero-order valence-electron chi connectivity index (χ0n) is 13.6. The monoisotopic (exact) mass is 372 g/mol. The van der Waals surface area contributed by atoms with E-state index >= 15 is 0 Å². The molecule has 4 rings (SSSR count). The van der Waals surface area contributed by atoms with Gasteiger partial charge in [0.1, 0.15) is 11.5 Å². The standard InChI is InChI=1S/C17H11F3N6O/c18-11-1-2-12(23-8-11)9-26-6-5-22-15(26)13-7-10(3-4-21-13)16-24-25-17(27-16)14(19)20/h1-8,14H,9H2. The van der Waals surface area contributed by atoms with Crippen LogP contribution in [0.5, 0.6) is 0 Å². The number of halogens is 3. The van der Waals surface area contributed by atoms with Crippen LogP contribution in [0.25, 0.3) is 23.0 Å². The SMILES string of the molecule is Fc1ccc(Cn2ccnc2-c2cc(-c3nnc(C(F)F)o3)ccn2)nc1. The van der Waals surface area contributed by atoms with Gasteiger partial charge in [-0.05, 0) is 24.3 Å². The van der Waals surface area contributed by atoms with E-state index in [1.54, 1.807) is 35.2 Å². The molecule has 0 unspecified atom stereocenters. The maximum absolute atomic E-state index is 13.0. The maximum Gasteiger partial charge on any atom is 0.314 e. The minimum atomic E-state index is -2.84. The zero-order chi connectivity index (χ0) is 18.8. The Labute approximate surface area is 150 Å². The first-order valence-corrected chi connectivity index (χ1v) is 7.80. The van der Waals surface area contributed by atoms with Crippen molar-refractivity contribution in [2.75, 3.05) is 0 Å². The zero-order valence-corrected chi connectivity index (χ0v) is 13.6. The van der Waals surface area contributed by atoms with Gasteiger partial charge in [0.25, 0.3) is 5.89 Å². The van der Waals surface area contributed by atoms with Crippen LogP contribution in [0.4, 0.5) is 13.2 Å². The highest BCUT2D eigenvalue weighted by Crippen LogP contribution is 2.26. The second-order valence-electron chi connectivity index (χ2n) is 5.52. The van der Waals surface area contributed by atoms with Crippen LogP contribution in [0.3, 0.4) is 0 Å². The Morgan fingerprint density at radius 2 is 1.93 bits per heavy atom. The van der Waals surface area contributed by atoms with Gasteiger partial charge in [0, 0.05) is 24.2 Å². The van der Waals surface area contributed by atoms with Gasteiger partial charge in [-0.15, -0.1) is 10.2 Å². The number of nitrogens with zero attached hydrogens (tertiary/aromatic N) is 6. The first-order valence-electron chi connectivity index (χ1n) is 7.80.